The number of thioether (sulfide) groups is 1. The number of fused-ring (bicyclic) bond motifs is 1. The Bertz CT molecular complexity index is 1050. The summed E-state index contributed by atoms with van der Waals surface area (Å²) in [6.45, 7) is 7.70. The monoisotopic (exact) mass is 408 g/mol. The Morgan fingerprint density at radius 1 is 1.07 bits per heavy atom. The third-order valence-corrected chi connectivity index (χ3v) is 5.23. The minimum absolute atomic E-state index is 0.128. The van der Waals surface area contributed by atoms with Gasteiger partial charge in [0.2, 0.25) is 5.91 Å². The lowest BCUT2D eigenvalue weighted by Crippen LogP contribution is -2.15. The Labute approximate surface area is 174 Å². The van der Waals surface area contributed by atoms with Gasteiger partial charge in [-0.15, -0.1) is 0 Å². The van der Waals surface area contributed by atoms with Crippen molar-refractivity contribution in [3.63, 3.8) is 0 Å². The molecule has 3 rings (SSSR count). The molecule has 0 atom stereocenters. The van der Waals surface area contributed by atoms with Gasteiger partial charge in [-0.1, -0.05) is 30.0 Å². The fourth-order valence-corrected chi connectivity index (χ4v) is 3.68. The zero-order chi connectivity index (χ0) is 21.0. The Hall–Kier alpha value is -2.86. The summed E-state index contributed by atoms with van der Waals surface area (Å²) in [5, 5.41) is 4.80. The summed E-state index contributed by atoms with van der Waals surface area (Å²) in [5.74, 6) is -0.251. The van der Waals surface area contributed by atoms with E-state index < -0.39 is 0 Å². The van der Waals surface area contributed by atoms with E-state index in [0.717, 1.165) is 27.1 Å². The maximum absolute atomic E-state index is 12.3. The van der Waals surface area contributed by atoms with Crippen LogP contribution in [0, 0.1) is 13.8 Å². The number of nitrogens with zero attached hydrogens (tertiary/aromatic N) is 1. The fraction of sp³-hybridized carbons (Fsp3) is 0.261. The topological polar surface area (TPSA) is 68.3 Å². The molecule has 0 unspecified atom stereocenters. The quantitative estimate of drug-likeness (QED) is 0.451. The number of esters is 1. The van der Waals surface area contributed by atoms with E-state index in [4.69, 9.17) is 9.72 Å². The standard InChI is InChI=1S/C23H24N2O3S/c1-14(2)28-23(27)17-8-10-18(11-9-17)24-20(26)13-29-21-12-16(4)19-7-5-6-15(3)22(19)25-21/h5-12,14H,13H2,1-4H3,(H,24,26). The maximum atomic E-state index is 12.3. The smallest absolute Gasteiger partial charge is 0.338 e. The highest BCUT2D eigenvalue weighted by atomic mass is 32.2. The molecule has 1 heterocycles. The lowest BCUT2D eigenvalue weighted by atomic mass is 10.1. The van der Waals surface area contributed by atoms with Crippen LogP contribution < -0.4 is 5.32 Å². The molecule has 1 amide bonds. The highest BCUT2D eigenvalue weighted by Gasteiger charge is 2.11. The van der Waals surface area contributed by atoms with Crippen LogP contribution in [0.15, 0.2) is 53.6 Å². The number of rotatable bonds is 6. The molecule has 0 saturated heterocycles. The van der Waals surface area contributed by atoms with Crippen molar-refractivity contribution in [2.24, 2.45) is 0 Å². The number of aryl methyl sites for hydroxylation is 2. The molecule has 0 radical (unpaired) electrons. The van der Waals surface area contributed by atoms with Gasteiger partial charge in [0, 0.05) is 11.1 Å². The number of aromatic nitrogens is 1. The van der Waals surface area contributed by atoms with Crippen LogP contribution in [0.2, 0.25) is 0 Å². The van der Waals surface area contributed by atoms with Crippen LogP contribution in [-0.2, 0) is 9.53 Å². The Kier molecular flexibility index (Phi) is 6.54. The summed E-state index contributed by atoms with van der Waals surface area (Å²) in [6, 6.07) is 14.8. The van der Waals surface area contributed by atoms with Crippen molar-refractivity contribution >= 4 is 40.2 Å². The molecule has 0 bridgehead atoms. The van der Waals surface area contributed by atoms with E-state index >= 15 is 0 Å². The molecule has 1 N–H and O–H groups in total. The summed E-state index contributed by atoms with van der Waals surface area (Å²) >= 11 is 1.40. The Balaban J connectivity index is 1.61. The number of nitrogens with one attached hydrogen (secondary N) is 1. The third-order valence-electron chi connectivity index (χ3n) is 4.32. The second-order valence-electron chi connectivity index (χ2n) is 7.12. The number of amides is 1. The van der Waals surface area contributed by atoms with Crippen LogP contribution in [0.1, 0.15) is 35.3 Å². The Morgan fingerprint density at radius 3 is 2.48 bits per heavy atom. The van der Waals surface area contributed by atoms with Gasteiger partial charge in [0.25, 0.3) is 0 Å². The highest BCUT2D eigenvalue weighted by molar-refractivity contribution is 7.99. The van der Waals surface area contributed by atoms with Crippen molar-refractivity contribution in [2.75, 3.05) is 11.1 Å². The number of para-hydroxylation sites is 1. The summed E-state index contributed by atoms with van der Waals surface area (Å²) in [7, 11) is 0. The van der Waals surface area contributed by atoms with E-state index in [9.17, 15) is 9.59 Å². The van der Waals surface area contributed by atoms with Crippen molar-refractivity contribution < 1.29 is 14.3 Å². The van der Waals surface area contributed by atoms with E-state index in [1.807, 2.05) is 25.1 Å². The van der Waals surface area contributed by atoms with Crippen molar-refractivity contribution in [1.82, 2.24) is 4.98 Å². The molecule has 0 saturated carbocycles. The molecule has 0 spiro atoms. The third kappa shape index (κ3) is 5.35. The van der Waals surface area contributed by atoms with Crippen molar-refractivity contribution in [1.29, 1.82) is 0 Å². The number of benzene rings is 2. The highest BCUT2D eigenvalue weighted by Crippen LogP contribution is 2.25. The lowest BCUT2D eigenvalue weighted by Gasteiger charge is -2.10. The van der Waals surface area contributed by atoms with E-state index in [1.54, 1.807) is 38.1 Å². The Morgan fingerprint density at radius 2 is 1.79 bits per heavy atom. The van der Waals surface area contributed by atoms with Crippen LogP contribution in [-0.4, -0.2) is 28.7 Å². The summed E-state index contributed by atoms with van der Waals surface area (Å²) in [6.07, 6.45) is -0.171. The summed E-state index contributed by atoms with van der Waals surface area (Å²) in [5.41, 5.74) is 4.32. The minimum Gasteiger partial charge on any atom is -0.459 e. The zero-order valence-electron chi connectivity index (χ0n) is 17.0. The predicted octanol–water partition coefficient (Wildman–Crippen LogP) is 5.15. The fourth-order valence-electron chi connectivity index (χ4n) is 2.91. The molecule has 6 heteroatoms. The number of hydrogen-bond donors (Lipinski definition) is 1. The van der Waals surface area contributed by atoms with Crippen LogP contribution in [0.3, 0.4) is 0 Å². The van der Waals surface area contributed by atoms with Gasteiger partial charge < -0.3 is 10.1 Å². The van der Waals surface area contributed by atoms with Crippen LogP contribution in [0.5, 0.6) is 0 Å². The zero-order valence-corrected chi connectivity index (χ0v) is 17.8. The van der Waals surface area contributed by atoms with Gasteiger partial charge in [-0.05, 0) is 69.2 Å². The maximum Gasteiger partial charge on any atom is 0.338 e. The van der Waals surface area contributed by atoms with Gasteiger partial charge in [-0.25, -0.2) is 9.78 Å². The van der Waals surface area contributed by atoms with Gasteiger partial charge in [-0.3, -0.25) is 4.79 Å². The second-order valence-corrected chi connectivity index (χ2v) is 8.11. The average Bonchev–Trinajstić information content (AvgIpc) is 2.67. The minimum atomic E-state index is -0.374. The van der Waals surface area contributed by atoms with E-state index in [-0.39, 0.29) is 23.7 Å². The first-order valence-electron chi connectivity index (χ1n) is 9.44. The number of anilines is 1. The number of carbonyl (C=O) groups excluding carboxylic acids is 2. The van der Waals surface area contributed by atoms with Crippen LogP contribution in [0.25, 0.3) is 10.9 Å². The molecular formula is C23H24N2O3S. The lowest BCUT2D eigenvalue weighted by molar-refractivity contribution is -0.113. The van der Waals surface area contributed by atoms with Crippen molar-refractivity contribution in [2.45, 2.75) is 38.8 Å². The van der Waals surface area contributed by atoms with Crippen molar-refractivity contribution in [3.05, 3.63) is 65.2 Å². The van der Waals surface area contributed by atoms with Gasteiger partial charge in [0.1, 0.15) is 0 Å². The van der Waals surface area contributed by atoms with E-state index in [1.165, 1.54) is 11.8 Å². The first kappa shape index (κ1) is 20.9. The van der Waals surface area contributed by atoms with Gasteiger partial charge >= 0.3 is 5.97 Å². The molecule has 29 heavy (non-hydrogen) atoms. The van der Waals surface area contributed by atoms with Crippen LogP contribution >= 0.6 is 11.8 Å². The molecule has 0 aliphatic carbocycles. The van der Waals surface area contributed by atoms with Gasteiger partial charge in [0.05, 0.1) is 28.0 Å². The molecule has 0 aliphatic heterocycles. The van der Waals surface area contributed by atoms with Crippen molar-refractivity contribution in [3.8, 4) is 0 Å². The normalized spacial score (nSPS) is 10.9. The molecule has 3 aromatic rings. The van der Waals surface area contributed by atoms with Crippen LogP contribution in [0.4, 0.5) is 5.69 Å². The summed E-state index contributed by atoms with van der Waals surface area (Å²) < 4.78 is 5.16. The number of ether oxygens (including phenoxy) is 1. The molecular weight excluding hydrogens is 384 g/mol. The predicted molar refractivity (Wildman–Crippen MR) is 118 cm³/mol. The molecule has 150 valence electrons. The number of pyridine rings is 1. The van der Waals surface area contributed by atoms with Gasteiger partial charge in [-0.2, -0.15) is 0 Å². The SMILES string of the molecule is Cc1cc(SCC(=O)Nc2ccc(C(=O)OC(C)C)cc2)nc2c(C)cccc12. The molecule has 0 fully saturated rings. The molecule has 1 aromatic heterocycles. The van der Waals surface area contributed by atoms with Gasteiger partial charge in [0.15, 0.2) is 0 Å². The second kappa shape index (κ2) is 9.09. The van der Waals surface area contributed by atoms with E-state index in [0.29, 0.717) is 11.3 Å². The molecule has 5 nitrogen and oxygen atoms in total. The first-order chi connectivity index (χ1) is 13.8. The molecule has 2 aromatic carbocycles. The largest absolute Gasteiger partial charge is 0.459 e. The number of carbonyl (C=O) groups is 2. The molecule has 0 aliphatic rings. The number of hydrogen-bond acceptors (Lipinski definition) is 5. The average molecular weight is 409 g/mol. The first-order valence-corrected chi connectivity index (χ1v) is 10.4. The van der Waals surface area contributed by atoms with E-state index in [2.05, 4.69) is 18.3 Å². The summed E-state index contributed by atoms with van der Waals surface area (Å²) in [4.78, 5) is 28.9.